The normalized spacial score (nSPS) is 11.1. The molecule has 0 amide bonds. The van der Waals surface area contributed by atoms with Crippen molar-refractivity contribution in [1.82, 2.24) is 0 Å². The Hall–Kier alpha value is -0.870. The van der Waals surface area contributed by atoms with E-state index in [1.165, 1.54) is 71.1 Å². The van der Waals surface area contributed by atoms with E-state index < -0.39 is 7.82 Å². The number of aryl methyl sites for hydroxylation is 1. The molecule has 26 heavy (non-hydrogen) atoms. The number of hydrogen-bond acceptors (Lipinski definition) is 3. The van der Waals surface area contributed by atoms with Crippen molar-refractivity contribution in [2.24, 2.45) is 0 Å². The first-order chi connectivity index (χ1) is 12.4. The van der Waals surface area contributed by atoms with Crippen LogP contribution in [0.4, 0.5) is 0 Å². The van der Waals surface area contributed by atoms with E-state index in [9.17, 15) is 9.67 Å². The molecule has 0 aliphatic rings. The van der Waals surface area contributed by atoms with E-state index in [1.54, 1.807) is 6.07 Å². The van der Waals surface area contributed by atoms with Crippen molar-refractivity contribution in [3.05, 3.63) is 29.8 Å². The summed E-state index contributed by atoms with van der Waals surface area (Å²) in [6.45, 7) is 3.83. The van der Waals surface area contributed by atoms with Crippen molar-refractivity contribution < 1.29 is 24.0 Å². The lowest BCUT2D eigenvalue weighted by atomic mass is 10.0. The molecule has 5 nitrogen and oxygen atoms in total. The third-order valence-corrected chi connectivity index (χ3v) is 4.68. The summed E-state index contributed by atoms with van der Waals surface area (Å²) in [4.78, 5) is 15.8. The first-order valence-electron chi connectivity index (χ1n) is 9.87. The number of aromatic hydroxyl groups is 1. The van der Waals surface area contributed by atoms with Crippen LogP contribution in [0.5, 0.6) is 5.75 Å². The molecule has 0 heterocycles. The van der Waals surface area contributed by atoms with Gasteiger partial charge in [-0.3, -0.25) is 4.52 Å². The lowest BCUT2D eigenvalue weighted by Crippen LogP contribution is -1.87. The van der Waals surface area contributed by atoms with Gasteiger partial charge in [0.2, 0.25) is 0 Å². The molecule has 1 aromatic carbocycles. The van der Waals surface area contributed by atoms with Gasteiger partial charge in [-0.2, -0.15) is 0 Å². The van der Waals surface area contributed by atoms with Gasteiger partial charge in [0.15, 0.2) is 0 Å². The van der Waals surface area contributed by atoms with E-state index in [4.69, 9.17) is 9.79 Å². The molecule has 0 fully saturated rings. The second kappa shape index (κ2) is 16.3. The van der Waals surface area contributed by atoms with Gasteiger partial charge < -0.3 is 14.9 Å². The Labute approximate surface area is 159 Å². The van der Waals surface area contributed by atoms with Crippen LogP contribution in [0.25, 0.3) is 0 Å². The molecule has 0 saturated carbocycles. The van der Waals surface area contributed by atoms with Crippen molar-refractivity contribution in [3.63, 3.8) is 0 Å². The summed E-state index contributed by atoms with van der Waals surface area (Å²) in [5.41, 5.74) is 1.10. The highest BCUT2D eigenvalue weighted by Crippen LogP contribution is 2.34. The minimum Gasteiger partial charge on any atom is -0.508 e. The Morgan fingerprint density at radius 3 is 1.77 bits per heavy atom. The molecule has 3 N–H and O–H groups in total. The molecule has 0 radical (unpaired) electrons. The second-order valence-corrected chi connectivity index (χ2v) is 7.71. The van der Waals surface area contributed by atoms with Crippen LogP contribution in [0.2, 0.25) is 0 Å². The fourth-order valence-electron chi connectivity index (χ4n) is 2.69. The summed E-state index contributed by atoms with van der Waals surface area (Å²) in [5.74, 6) is 0.457. The number of phosphoric acid groups is 1. The summed E-state index contributed by atoms with van der Waals surface area (Å²) in [6.07, 6.45) is 14.6. The van der Waals surface area contributed by atoms with E-state index in [0.717, 1.165) is 12.0 Å². The van der Waals surface area contributed by atoms with Gasteiger partial charge in [0, 0.05) is 0 Å². The summed E-state index contributed by atoms with van der Waals surface area (Å²) >= 11 is 0. The number of phosphoric ester groups is 1. The summed E-state index contributed by atoms with van der Waals surface area (Å²) in [5, 5.41) is 9.65. The quantitative estimate of drug-likeness (QED) is 0.286. The molecule has 0 aliphatic heterocycles. The number of hydrogen-bond donors (Lipinski definition) is 3. The van der Waals surface area contributed by atoms with Crippen LogP contribution in [0, 0.1) is 0 Å². The molecule has 0 aliphatic carbocycles. The number of phenols is 1. The van der Waals surface area contributed by atoms with Crippen LogP contribution >= 0.6 is 7.82 Å². The van der Waals surface area contributed by atoms with Crippen molar-refractivity contribution in [1.29, 1.82) is 0 Å². The van der Waals surface area contributed by atoms with Gasteiger partial charge >= 0.3 is 7.82 Å². The van der Waals surface area contributed by atoms with Gasteiger partial charge in [0.25, 0.3) is 0 Å². The zero-order valence-corrected chi connectivity index (χ0v) is 17.3. The molecule has 6 heteroatoms. The minimum absolute atomic E-state index is 0.0459. The van der Waals surface area contributed by atoms with E-state index in [-0.39, 0.29) is 6.61 Å². The van der Waals surface area contributed by atoms with Crippen molar-refractivity contribution in [3.8, 4) is 5.75 Å². The number of rotatable bonds is 13. The van der Waals surface area contributed by atoms with E-state index in [1.807, 2.05) is 18.2 Å². The van der Waals surface area contributed by atoms with Crippen molar-refractivity contribution in [2.75, 3.05) is 6.61 Å². The first kappa shape index (κ1) is 25.1. The van der Waals surface area contributed by atoms with Crippen LogP contribution in [0.15, 0.2) is 24.3 Å². The van der Waals surface area contributed by atoms with Crippen LogP contribution in [0.1, 0.15) is 83.6 Å². The van der Waals surface area contributed by atoms with Gasteiger partial charge in [0.1, 0.15) is 5.75 Å². The fourth-order valence-corrected chi connectivity index (χ4v) is 3.03. The van der Waals surface area contributed by atoms with E-state index in [2.05, 4.69) is 11.4 Å². The van der Waals surface area contributed by atoms with Crippen molar-refractivity contribution in [2.45, 2.75) is 84.5 Å². The highest BCUT2D eigenvalue weighted by Gasteiger charge is 2.10. The molecule has 1 rings (SSSR count). The Balaban J connectivity index is 0.000000758. The minimum atomic E-state index is -4.17. The maximum Gasteiger partial charge on any atom is 0.469 e. The zero-order valence-electron chi connectivity index (χ0n) is 16.4. The molecular formula is C20H37O5P. The Morgan fingerprint density at radius 1 is 0.846 bits per heavy atom. The topological polar surface area (TPSA) is 87.0 Å². The van der Waals surface area contributed by atoms with Crippen LogP contribution in [-0.2, 0) is 15.5 Å². The SMILES string of the molecule is CCCCCCCCCCCCc1ccccc1O.CCOP(=O)(O)O. The maximum absolute atomic E-state index is 9.70. The highest BCUT2D eigenvalue weighted by atomic mass is 31.2. The predicted octanol–water partition coefficient (Wildman–Crippen LogP) is 5.97. The standard InChI is InChI=1S/C18H30O.C2H7O4P/c1-2-3-4-5-6-7-8-9-10-11-14-17-15-12-13-16-18(17)19;1-2-6-7(3,4)5/h12-13,15-16,19H,2-11,14H2,1H3;2H2,1H3,(H2,3,4,5). The number of para-hydroxylation sites is 1. The fraction of sp³-hybridized carbons (Fsp3) is 0.700. The molecule has 0 unspecified atom stereocenters. The van der Waals surface area contributed by atoms with E-state index >= 15 is 0 Å². The Morgan fingerprint density at radius 2 is 1.35 bits per heavy atom. The molecule has 0 aromatic heterocycles. The maximum atomic E-state index is 9.70. The predicted molar refractivity (Wildman–Crippen MR) is 107 cm³/mol. The molecule has 152 valence electrons. The third-order valence-electron chi connectivity index (χ3n) is 4.09. The zero-order chi connectivity index (χ0) is 19.7. The molecule has 0 spiro atoms. The van der Waals surface area contributed by atoms with Gasteiger partial charge in [-0.15, -0.1) is 0 Å². The van der Waals surface area contributed by atoms with Gasteiger partial charge in [-0.25, -0.2) is 4.57 Å². The van der Waals surface area contributed by atoms with Gasteiger partial charge in [-0.1, -0.05) is 82.9 Å². The summed E-state index contributed by atoms with van der Waals surface area (Å²) < 4.78 is 13.6. The largest absolute Gasteiger partial charge is 0.508 e. The lowest BCUT2D eigenvalue weighted by molar-refractivity contribution is 0.206. The molecule has 1 aromatic rings. The van der Waals surface area contributed by atoms with Crippen molar-refractivity contribution >= 4 is 7.82 Å². The molecule has 0 atom stereocenters. The number of unbranched alkanes of at least 4 members (excludes halogenated alkanes) is 9. The molecule has 0 saturated heterocycles. The third kappa shape index (κ3) is 16.6. The van der Waals surface area contributed by atoms with Crippen LogP contribution in [0.3, 0.4) is 0 Å². The first-order valence-corrected chi connectivity index (χ1v) is 11.4. The van der Waals surface area contributed by atoms with E-state index in [0.29, 0.717) is 5.75 Å². The monoisotopic (exact) mass is 388 g/mol. The summed E-state index contributed by atoms with van der Waals surface area (Å²) in [7, 11) is -4.17. The second-order valence-electron chi connectivity index (χ2n) is 6.47. The lowest BCUT2D eigenvalue weighted by Gasteiger charge is -2.04. The smallest absolute Gasteiger partial charge is 0.469 e. The van der Waals surface area contributed by atoms with Gasteiger partial charge in [-0.05, 0) is 31.4 Å². The summed E-state index contributed by atoms with van der Waals surface area (Å²) in [6, 6.07) is 7.71. The van der Waals surface area contributed by atoms with Crippen LogP contribution in [-0.4, -0.2) is 21.5 Å². The Kier molecular flexibility index (Phi) is 15.8. The highest BCUT2D eigenvalue weighted by molar-refractivity contribution is 7.46. The number of benzene rings is 1. The van der Waals surface area contributed by atoms with Crippen LogP contribution < -0.4 is 0 Å². The average molecular weight is 388 g/mol. The Bertz CT molecular complexity index is 487. The molecular weight excluding hydrogens is 351 g/mol. The van der Waals surface area contributed by atoms with Gasteiger partial charge in [0.05, 0.1) is 6.61 Å². The molecule has 0 bridgehead atoms. The average Bonchev–Trinajstić information content (AvgIpc) is 2.57. The number of phenolic OH excluding ortho intramolecular Hbond substituents is 1.